The molecule has 0 aromatic heterocycles. The van der Waals surface area contributed by atoms with E-state index < -0.39 is 30.6 Å². The number of anilines is 1. The summed E-state index contributed by atoms with van der Waals surface area (Å²) in [4.78, 5) is 35.0. The average Bonchev–Trinajstić information content (AvgIpc) is 2.52. The molecule has 0 aliphatic heterocycles. The molecule has 0 unspecified atom stereocenters. The van der Waals surface area contributed by atoms with Gasteiger partial charge in [0.15, 0.2) is 6.61 Å². The summed E-state index contributed by atoms with van der Waals surface area (Å²) < 4.78 is 4.97. The highest BCUT2D eigenvalue weighted by atomic mass is 35.5. The van der Waals surface area contributed by atoms with Gasteiger partial charge in [-0.1, -0.05) is 17.7 Å². The van der Waals surface area contributed by atoms with E-state index >= 15 is 0 Å². The third-order valence-corrected chi connectivity index (χ3v) is 4.20. The molecule has 4 N–H and O–H groups in total. The van der Waals surface area contributed by atoms with Gasteiger partial charge in [0, 0.05) is 0 Å². The molecule has 0 radical (unpaired) electrons. The molecule has 0 saturated heterocycles. The summed E-state index contributed by atoms with van der Waals surface area (Å²) in [6, 6.07) is 1.89. The molecule has 9 heteroatoms. The first kappa shape index (κ1) is 21.1. The maximum atomic E-state index is 12.0. The van der Waals surface area contributed by atoms with Crippen molar-refractivity contribution in [3.63, 3.8) is 0 Å². The summed E-state index contributed by atoms with van der Waals surface area (Å²) in [5.74, 6) is -0.607. The van der Waals surface area contributed by atoms with E-state index in [0.29, 0.717) is 22.9 Å². The summed E-state index contributed by atoms with van der Waals surface area (Å²) in [5.41, 5.74) is 7.30. The normalized spacial score (nSPS) is 11.5. The second-order valence-corrected chi connectivity index (χ2v) is 6.83. The summed E-state index contributed by atoms with van der Waals surface area (Å²) >= 11 is 7.63. The van der Waals surface area contributed by atoms with Crippen LogP contribution in [0.25, 0.3) is 0 Å². The number of rotatable bonds is 8. The van der Waals surface area contributed by atoms with Crippen LogP contribution in [0.2, 0.25) is 5.02 Å². The monoisotopic (exact) mass is 387 g/mol. The van der Waals surface area contributed by atoms with Gasteiger partial charge >= 0.3 is 12.0 Å². The molecule has 1 atom stereocenters. The number of carbonyl (C=O) groups excluding carboxylic acids is 3. The van der Waals surface area contributed by atoms with E-state index in [9.17, 15) is 14.4 Å². The fourth-order valence-corrected chi connectivity index (χ4v) is 2.98. The Bertz CT molecular complexity index is 631. The van der Waals surface area contributed by atoms with Gasteiger partial charge in [0.2, 0.25) is 0 Å². The number of nitrogens with two attached hydrogens (primary N) is 1. The van der Waals surface area contributed by atoms with Crippen LogP contribution in [0.5, 0.6) is 0 Å². The van der Waals surface area contributed by atoms with E-state index in [4.69, 9.17) is 22.1 Å². The number of halogens is 1. The van der Waals surface area contributed by atoms with Crippen LogP contribution in [-0.2, 0) is 14.3 Å². The Morgan fingerprint density at radius 3 is 2.56 bits per heavy atom. The Morgan fingerprint density at radius 2 is 2.00 bits per heavy atom. The van der Waals surface area contributed by atoms with E-state index in [-0.39, 0.29) is 0 Å². The standard InChI is InChI=1S/C16H22ClN3O4S/c1-9-6-10(2)14(11(17)7-9)20-13(21)8-24-15(22)12(4-5-25-3)19-16(18)23/h6-7,12H,4-5,8H2,1-3H3,(H,20,21)(H3,18,19,23)/t12-/m1/s1. The minimum atomic E-state index is -0.887. The van der Waals surface area contributed by atoms with Gasteiger partial charge in [0.1, 0.15) is 6.04 Å². The molecule has 0 spiro atoms. The van der Waals surface area contributed by atoms with Gasteiger partial charge in [0.05, 0.1) is 10.7 Å². The van der Waals surface area contributed by atoms with Crippen molar-refractivity contribution < 1.29 is 19.1 Å². The lowest BCUT2D eigenvalue weighted by Gasteiger charge is -2.16. The number of primary amides is 1. The van der Waals surface area contributed by atoms with Gasteiger partial charge in [-0.25, -0.2) is 9.59 Å². The SMILES string of the molecule is CSCC[C@@H](NC(N)=O)C(=O)OCC(=O)Nc1c(C)cc(C)cc1Cl. The molecule has 0 fully saturated rings. The second kappa shape index (κ2) is 10.1. The van der Waals surface area contributed by atoms with Crippen molar-refractivity contribution in [2.45, 2.75) is 26.3 Å². The number of nitrogens with one attached hydrogen (secondary N) is 2. The number of aryl methyl sites for hydroxylation is 2. The topological polar surface area (TPSA) is 111 Å². The highest BCUT2D eigenvalue weighted by Gasteiger charge is 2.22. The number of ether oxygens (including phenoxy) is 1. The molecule has 7 nitrogen and oxygen atoms in total. The smallest absolute Gasteiger partial charge is 0.329 e. The van der Waals surface area contributed by atoms with Gasteiger partial charge in [-0.3, -0.25) is 4.79 Å². The second-order valence-electron chi connectivity index (χ2n) is 5.44. The molecule has 0 saturated carbocycles. The lowest BCUT2D eigenvalue weighted by molar-refractivity contribution is -0.149. The van der Waals surface area contributed by atoms with Crippen molar-refractivity contribution in [3.8, 4) is 0 Å². The van der Waals surface area contributed by atoms with Crippen LogP contribution in [0, 0.1) is 13.8 Å². The predicted molar refractivity (Wildman–Crippen MR) is 100 cm³/mol. The number of carbonyl (C=O) groups is 3. The molecule has 0 aliphatic rings. The van der Waals surface area contributed by atoms with E-state index in [2.05, 4.69) is 10.6 Å². The molecule has 1 aromatic carbocycles. The number of amides is 3. The molecule has 3 amide bonds. The molecule has 1 rings (SSSR count). The van der Waals surface area contributed by atoms with Crippen molar-refractivity contribution >= 4 is 47.0 Å². The third-order valence-electron chi connectivity index (χ3n) is 3.25. The first-order valence-electron chi connectivity index (χ1n) is 7.52. The molecule has 0 aliphatic carbocycles. The minimum Gasteiger partial charge on any atom is -0.454 e. The average molecular weight is 388 g/mol. The molecular weight excluding hydrogens is 366 g/mol. The molecule has 25 heavy (non-hydrogen) atoms. The van der Waals surface area contributed by atoms with Gasteiger partial charge in [-0.2, -0.15) is 11.8 Å². The van der Waals surface area contributed by atoms with Crippen LogP contribution in [0.4, 0.5) is 10.5 Å². The third kappa shape index (κ3) is 7.23. The Balaban J connectivity index is 2.62. The number of hydrogen-bond donors (Lipinski definition) is 3. The highest BCUT2D eigenvalue weighted by molar-refractivity contribution is 7.98. The zero-order valence-corrected chi connectivity index (χ0v) is 15.9. The maximum Gasteiger partial charge on any atom is 0.329 e. The molecule has 138 valence electrons. The zero-order valence-electron chi connectivity index (χ0n) is 14.3. The van der Waals surface area contributed by atoms with Gasteiger partial charge in [-0.15, -0.1) is 0 Å². The van der Waals surface area contributed by atoms with Crippen LogP contribution < -0.4 is 16.4 Å². The van der Waals surface area contributed by atoms with Crippen LogP contribution in [-0.4, -0.2) is 42.6 Å². The van der Waals surface area contributed by atoms with Gasteiger partial charge in [0.25, 0.3) is 5.91 Å². The number of thioether (sulfide) groups is 1. The van der Waals surface area contributed by atoms with Crippen LogP contribution in [0.3, 0.4) is 0 Å². The van der Waals surface area contributed by atoms with Crippen molar-refractivity contribution in [3.05, 3.63) is 28.3 Å². The van der Waals surface area contributed by atoms with Crippen LogP contribution in [0.1, 0.15) is 17.5 Å². The quantitative estimate of drug-likeness (QED) is 0.592. The van der Waals surface area contributed by atoms with Crippen LogP contribution in [0.15, 0.2) is 12.1 Å². The fraction of sp³-hybridized carbons (Fsp3) is 0.438. The summed E-state index contributed by atoms with van der Waals surface area (Å²) in [5, 5.41) is 5.34. The van der Waals surface area contributed by atoms with Gasteiger partial charge in [-0.05, 0) is 49.5 Å². The fourth-order valence-electron chi connectivity index (χ4n) is 2.14. The predicted octanol–water partition coefficient (Wildman–Crippen LogP) is 2.23. The molecule has 0 heterocycles. The van der Waals surface area contributed by atoms with E-state index in [1.165, 1.54) is 11.8 Å². The summed E-state index contributed by atoms with van der Waals surface area (Å²) in [6.07, 6.45) is 2.22. The zero-order chi connectivity index (χ0) is 19.0. The van der Waals surface area contributed by atoms with E-state index in [0.717, 1.165) is 11.1 Å². The number of benzene rings is 1. The van der Waals surface area contributed by atoms with Crippen molar-refractivity contribution in [1.29, 1.82) is 0 Å². The van der Waals surface area contributed by atoms with Gasteiger partial charge < -0.3 is 21.1 Å². The lowest BCUT2D eigenvalue weighted by Crippen LogP contribution is -2.45. The first-order chi connectivity index (χ1) is 11.7. The Morgan fingerprint density at radius 1 is 1.32 bits per heavy atom. The van der Waals surface area contributed by atoms with Crippen LogP contribution >= 0.6 is 23.4 Å². The maximum absolute atomic E-state index is 12.0. The highest BCUT2D eigenvalue weighted by Crippen LogP contribution is 2.27. The van der Waals surface area contributed by atoms with Crippen molar-refractivity contribution in [1.82, 2.24) is 5.32 Å². The summed E-state index contributed by atoms with van der Waals surface area (Å²) in [6.45, 7) is 3.22. The summed E-state index contributed by atoms with van der Waals surface area (Å²) in [7, 11) is 0. The number of urea groups is 1. The Labute approximate surface area is 156 Å². The molecular formula is C16H22ClN3O4S. The first-order valence-corrected chi connectivity index (χ1v) is 9.30. The van der Waals surface area contributed by atoms with Crippen molar-refractivity contribution in [2.75, 3.05) is 23.9 Å². The van der Waals surface area contributed by atoms with E-state index in [1.807, 2.05) is 26.2 Å². The Kier molecular flexibility index (Phi) is 8.57. The molecule has 0 bridgehead atoms. The molecule has 1 aromatic rings. The number of hydrogen-bond acceptors (Lipinski definition) is 5. The Hall–Kier alpha value is -1.93. The van der Waals surface area contributed by atoms with E-state index in [1.54, 1.807) is 6.07 Å². The van der Waals surface area contributed by atoms with Crippen molar-refractivity contribution in [2.24, 2.45) is 5.73 Å². The largest absolute Gasteiger partial charge is 0.454 e. The minimum absolute atomic E-state index is 0.355. The lowest BCUT2D eigenvalue weighted by atomic mass is 10.1. The number of esters is 1.